The average Bonchev–Trinajstić information content (AvgIpc) is 2.81. The van der Waals surface area contributed by atoms with Gasteiger partial charge in [0, 0.05) is 19.6 Å². The van der Waals surface area contributed by atoms with Crippen LogP contribution in [-0.4, -0.2) is 24.6 Å². The van der Waals surface area contributed by atoms with Gasteiger partial charge in [-0.05, 0) is 51.2 Å². The van der Waals surface area contributed by atoms with Crippen molar-refractivity contribution < 1.29 is 13.9 Å². The van der Waals surface area contributed by atoms with E-state index in [2.05, 4.69) is 51.2 Å². The van der Waals surface area contributed by atoms with E-state index in [4.69, 9.17) is 9.47 Å². The molecular formula is C26H25BrFNO2. The lowest BCUT2D eigenvalue weighted by Gasteiger charge is -2.26. The van der Waals surface area contributed by atoms with Gasteiger partial charge >= 0.3 is 0 Å². The number of hydrogen-bond donors (Lipinski definition) is 0. The van der Waals surface area contributed by atoms with E-state index < -0.39 is 5.82 Å². The van der Waals surface area contributed by atoms with Crippen LogP contribution in [0.25, 0.3) is 0 Å². The van der Waals surface area contributed by atoms with Crippen molar-refractivity contribution in [3.8, 4) is 11.5 Å². The summed E-state index contributed by atoms with van der Waals surface area (Å²) >= 11 is 3.40. The Kier molecular flexibility index (Phi) is 7.39. The Bertz CT molecular complexity index is 1020. The van der Waals surface area contributed by atoms with E-state index >= 15 is 0 Å². The summed E-state index contributed by atoms with van der Waals surface area (Å²) in [5, 5.41) is 0. The molecule has 0 radical (unpaired) electrons. The molecule has 4 rings (SSSR count). The van der Waals surface area contributed by atoms with E-state index in [0.29, 0.717) is 17.7 Å². The van der Waals surface area contributed by atoms with Crippen LogP contribution in [-0.2, 0) is 13.2 Å². The van der Waals surface area contributed by atoms with Crippen LogP contribution in [0.4, 0.5) is 4.39 Å². The SMILES string of the molecule is Fc1c(OCc2ccccc2)ccc(Br)c1OCC1=CCN(Cc2ccccc2)CC1. The first-order valence-corrected chi connectivity index (χ1v) is 11.2. The molecule has 0 aliphatic carbocycles. The predicted octanol–water partition coefficient (Wildman–Crippen LogP) is 6.38. The first kappa shape index (κ1) is 21.6. The van der Waals surface area contributed by atoms with Crippen LogP contribution in [0.3, 0.4) is 0 Å². The van der Waals surface area contributed by atoms with Gasteiger partial charge in [-0.25, -0.2) is 0 Å². The van der Waals surface area contributed by atoms with E-state index in [0.717, 1.165) is 31.6 Å². The molecule has 0 N–H and O–H groups in total. The van der Waals surface area contributed by atoms with Crippen LogP contribution in [0, 0.1) is 5.82 Å². The summed E-state index contributed by atoms with van der Waals surface area (Å²) in [6, 6.07) is 23.6. The zero-order valence-corrected chi connectivity index (χ0v) is 18.9. The molecule has 0 amide bonds. The van der Waals surface area contributed by atoms with Gasteiger partial charge in [0.15, 0.2) is 11.5 Å². The number of benzene rings is 3. The van der Waals surface area contributed by atoms with Crippen LogP contribution < -0.4 is 9.47 Å². The molecule has 0 atom stereocenters. The summed E-state index contributed by atoms with van der Waals surface area (Å²) in [5.41, 5.74) is 3.49. The molecule has 160 valence electrons. The van der Waals surface area contributed by atoms with Crippen LogP contribution in [0.2, 0.25) is 0 Å². The molecule has 1 aliphatic rings. The molecule has 0 spiro atoms. The Morgan fingerprint density at radius 2 is 1.55 bits per heavy atom. The minimum atomic E-state index is -0.479. The van der Waals surface area contributed by atoms with Gasteiger partial charge in [0.2, 0.25) is 5.82 Å². The van der Waals surface area contributed by atoms with Gasteiger partial charge in [0.1, 0.15) is 13.2 Å². The number of halogens is 2. The first-order valence-electron chi connectivity index (χ1n) is 10.4. The standard InChI is InChI=1S/C26H25BrFNO2/c27-23-11-12-24(30-18-21-9-5-2-6-10-21)25(28)26(23)31-19-22-13-15-29(16-14-22)17-20-7-3-1-4-8-20/h1-13H,14-19H2. The number of ether oxygens (including phenoxy) is 2. The minimum absolute atomic E-state index is 0.189. The van der Waals surface area contributed by atoms with Crippen LogP contribution >= 0.6 is 15.9 Å². The van der Waals surface area contributed by atoms with Crippen molar-refractivity contribution in [1.82, 2.24) is 4.90 Å². The molecule has 3 nitrogen and oxygen atoms in total. The fourth-order valence-electron chi connectivity index (χ4n) is 3.53. The topological polar surface area (TPSA) is 21.7 Å². The maximum absolute atomic E-state index is 15.0. The fraction of sp³-hybridized carbons (Fsp3) is 0.231. The summed E-state index contributed by atoms with van der Waals surface area (Å²) in [6.07, 6.45) is 3.10. The van der Waals surface area contributed by atoms with E-state index in [1.165, 1.54) is 11.1 Å². The number of nitrogens with zero attached hydrogens (tertiary/aromatic N) is 1. The third-order valence-corrected chi connectivity index (χ3v) is 5.91. The van der Waals surface area contributed by atoms with Crippen molar-refractivity contribution in [2.24, 2.45) is 0 Å². The molecule has 3 aromatic carbocycles. The Hall–Kier alpha value is -2.63. The quantitative estimate of drug-likeness (QED) is 0.348. The number of rotatable bonds is 8. The Morgan fingerprint density at radius 1 is 0.839 bits per heavy atom. The lowest BCUT2D eigenvalue weighted by molar-refractivity contribution is 0.259. The molecule has 0 fully saturated rings. The van der Waals surface area contributed by atoms with Crippen LogP contribution in [0.15, 0.2) is 88.9 Å². The van der Waals surface area contributed by atoms with E-state index in [1.807, 2.05) is 36.4 Å². The first-order chi connectivity index (χ1) is 15.2. The molecule has 31 heavy (non-hydrogen) atoms. The third-order valence-electron chi connectivity index (χ3n) is 5.29. The lowest BCUT2D eigenvalue weighted by atomic mass is 10.1. The summed E-state index contributed by atoms with van der Waals surface area (Å²) in [7, 11) is 0. The Morgan fingerprint density at radius 3 is 2.23 bits per heavy atom. The molecule has 1 heterocycles. The second-order valence-electron chi connectivity index (χ2n) is 7.58. The van der Waals surface area contributed by atoms with Gasteiger partial charge < -0.3 is 9.47 Å². The van der Waals surface area contributed by atoms with Gasteiger partial charge in [0.25, 0.3) is 0 Å². The highest BCUT2D eigenvalue weighted by Crippen LogP contribution is 2.35. The Labute approximate surface area is 191 Å². The average molecular weight is 482 g/mol. The molecule has 0 saturated heterocycles. The highest BCUT2D eigenvalue weighted by Gasteiger charge is 2.17. The lowest BCUT2D eigenvalue weighted by Crippen LogP contribution is -2.29. The highest BCUT2D eigenvalue weighted by molar-refractivity contribution is 9.10. The number of hydrogen-bond acceptors (Lipinski definition) is 3. The fourth-order valence-corrected chi connectivity index (χ4v) is 3.95. The molecule has 0 bridgehead atoms. The maximum atomic E-state index is 15.0. The summed E-state index contributed by atoms with van der Waals surface area (Å²) in [4.78, 5) is 2.40. The normalized spacial score (nSPS) is 14.2. The molecule has 5 heteroatoms. The van der Waals surface area contributed by atoms with Crippen molar-refractivity contribution >= 4 is 15.9 Å². The monoisotopic (exact) mass is 481 g/mol. The summed E-state index contributed by atoms with van der Waals surface area (Å²) in [6.45, 7) is 3.45. The molecule has 0 aromatic heterocycles. The zero-order valence-electron chi connectivity index (χ0n) is 17.3. The smallest absolute Gasteiger partial charge is 0.208 e. The van der Waals surface area contributed by atoms with Crippen molar-refractivity contribution in [2.45, 2.75) is 19.6 Å². The van der Waals surface area contributed by atoms with Gasteiger partial charge in [0.05, 0.1) is 4.47 Å². The maximum Gasteiger partial charge on any atom is 0.208 e. The van der Waals surface area contributed by atoms with Gasteiger partial charge in [-0.15, -0.1) is 0 Å². The van der Waals surface area contributed by atoms with Gasteiger partial charge in [-0.2, -0.15) is 4.39 Å². The molecule has 3 aromatic rings. The predicted molar refractivity (Wildman–Crippen MR) is 125 cm³/mol. The minimum Gasteiger partial charge on any atom is -0.486 e. The van der Waals surface area contributed by atoms with Crippen molar-refractivity contribution in [3.63, 3.8) is 0 Å². The summed E-state index contributed by atoms with van der Waals surface area (Å²) in [5.74, 6) is -0.0979. The van der Waals surface area contributed by atoms with Crippen molar-refractivity contribution in [1.29, 1.82) is 0 Å². The largest absolute Gasteiger partial charge is 0.486 e. The third kappa shape index (κ3) is 5.96. The van der Waals surface area contributed by atoms with Gasteiger partial charge in [-0.1, -0.05) is 66.7 Å². The highest BCUT2D eigenvalue weighted by atomic mass is 79.9. The zero-order chi connectivity index (χ0) is 21.5. The molecule has 1 aliphatic heterocycles. The summed E-state index contributed by atoms with van der Waals surface area (Å²) < 4.78 is 27.1. The molecule has 0 unspecified atom stereocenters. The second kappa shape index (κ2) is 10.6. The van der Waals surface area contributed by atoms with Crippen molar-refractivity contribution in [2.75, 3.05) is 19.7 Å². The molecule has 0 saturated carbocycles. The molecular weight excluding hydrogens is 457 g/mol. The Balaban J connectivity index is 1.34. The van der Waals surface area contributed by atoms with E-state index in [9.17, 15) is 4.39 Å². The van der Waals surface area contributed by atoms with E-state index in [1.54, 1.807) is 12.1 Å². The van der Waals surface area contributed by atoms with Crippen LogP contribution in [0.1, 0.15) is 17.5 Å². The van der Waals surface area contributed by atoms with Crippen LogP contribution in [0.5, 0.6) is 11.5 Å². The second-order valence-corrected chi connectivity index (χ2v) is 8.44. The van der Waals surface area contributed by atoms with Crippen molar-refractivity contribution in [3.05, 3.63) is 106 Å². The van der Waals surface area contributed by atoms with Gasteiger partial charge in [-0.3, -0.25) is 4.90 Å². The van der Waals surface area contributed by atoms with E-state index in [-0.39, 0.29) is 11.5 Å².